The Bertz CT molecular complexity index is 200. The molecule has 0 aliphatic heterocycles. The van der Waals surface area contributed by atoms with Gasteiger partial charge in [-0.15, -0.1) is 0 Å². The highest BCUT2D eigenvalue weighted by Gasteiger charge is 1.72. The summed E-state index contributed by atoms with van der Waals surface area (Å²) in [6.45, 7) is 3.11. The zero-order valence-corrected chi connectivity index (χ0v) is 6.23. The van der Waals surface area contributed by atoms with Gasteiger partial charge in [0.2, 0.25) is 0 Å². The van der Waals surface area contributed by atoms with E-state index < -0.39 is 0 Å². The normalized spacial score (nSPS) is 7.27. The molecule has 2 N–H and O–H groups in total. The van der Waals surface area contributed by atoms with E-state index in [1.165, 1.54) is 6.08 Å². The lowest BCUT2D eigenvalue weighted by Crippen LogP contribution is -1.79. The largest absolute Gasteiger partial charge is 0.399 e. The van der Waals surface area contributed by atoms with Crippen molar-refractivity contribution in [3.63, 3.8) is 0 Å². The number of aldehydes is 1. The third-order valence-electron chi connectivity index (χ3n) is 0.896. The first-order valence-electron chi connectivity index (χ1n) is 3.18. The number of hydrogen-bond acceptors (Lipinski definition) is 2. The van der Waals surface area contributed by atoms with E-state index in [2.05, 4.69) is 6.58 Å². The molecule has 2 heteroatoms. The molecule has 0 bridgehead atoms. The summed E-state index contributed by atoms with van der Waals surface area (Å²) < 4.78 is 0. The highest BCUT2D eigenvalue weighted by molar-refractivity contribution is 5.63. The van der Waals surface area contributed by atoms with Gasteiger partial charge in [0, 0.05) is 5.69 Å². The number of benzene rings is 1. The summed E-state index contributed by atoms with van der Waals surface area (Å²) in [6, 6.07) is 9.49. The van der Waals surface area contributed by atoms with E-state index in [0.717, 1.165) is 5.69 Å². The van der Waals surface area contributed by atoms with Gasteiger partial charge >= 0.3 is 0 Å². The molecule has 0 fully saturated rings. The van der Waals surface area contributed by atoms with Gasteiger partial charge in [-0.05, 0) is 18.2 Å². The topological polar surface area (TPSA) is 43.1 Å². The van der Waals surface area contributed by atoms with Gasteiger partial charge < -0.3 is 5.73 Å². The predicted octanol–water partition coefficient (Wildman–Crippen LogP) is 1.64. The van der Waals surface area contributed by atoms with E-state index in [0.29, 0.717) is 6.29 Å². The smallest absolute Gasteiger partial charge is 0.142 e. The third kappa shape index (κ3) is 6.31. The molecule has 0 heterocycles. The monoisotopic (exact) mass is 149 g/mol. The van der Waals surface area contributed by atoms with Crippen LogP contribution in [0.15, 0.2) is 43.0 Å². The zero-order chi connectivity index (χ0) is 8.53. The third-order valence-corrected chi connectivity index (χ3v) is 0.896. The molecule has 0 saturated carbocycles. The number of para-hydroxylation sites is 1. The van der Waals surface area contributed by atoms with Crippen LogP contribution >= 0.6 is 0 Å². The lowest BCUT2D eigenvalue weighted by molar-refractivity contribution is -0.104. The Morgan fingerprint density at radius 3 is 1.91 bits per heavy atom. The Morgan fingerprint density at radius 1 is 1.27 bits per heavy atom. The van der Waals surface area contributed by atoms with E-state index in [4.69, 9.17) is 10.5 Å². The summed E-state index contributed by atoms with van der Waals surface area (Å²) in [7, 11) is 0. The maximum absolute atomic E-state index is 9.06. The van der Waals surface area contributed by atoms with Crippen molar-refractivity contribution < 1.29 is 4.79 Å². The highest BCUT2D eigenvalue weighted by Crippen LogP contribution is 1.95. The average Bonchev–Trinajstić information content (AvgIpc) is 2.07. The van der Waals surface area contributed by atoms with Crippen LogP contribution in [0.2, 0.25) is 0 Å². The highest BCUT2D eigenvalue weighted by atomic mass is 16.1. The molecule has 1 aromatic carbocycles. The number of hydrogen-bond donors (Lipinski definition) is 1. The lowest BCUT2D eigenvalue weighted by atomic mass is 10.3. The van der Waals surface area contributed by atoms with E-state index in [1.54, 1.807) is 0 Å². The number of allylic oxidation sites excluding steroid dienone is 1. The predicted molar refractivity (Wildman–Crippen MR) is 47.1 cm³/mol. The van der Waals surface area contributed by atoms with Crippen molar-refractivity contribution in [3.05, 3.63) is 43.0 Å². The molecule has 1 aromatic rings. The van der Waals surface area contributed by atoms with Crippen molar-refractivity contribution in [1.29, 1.82) is 0 Å². The van der Waals surface area contributed by atoms with E-state index in [-0.39, 0.29) is 0 Å². The second-order valence-corrected chi connectivity index (χ2v) is 1.78. The minimum atomic E-state index is 0.639. The Hall–Kier alpha value is -1.57. The van der Waals surface area contributed by atoms with Crippen LogP contribution < -0.4 is 5.73 Å². The Kier molecular flexibility index (Phi) is 5.61. The maximum atomic E-state index is 9.06. The fourth-order valence-corrected chi connectivity index (χ4v) is 0.453. The molecule has 58 valence electrons. The van der Waals surface area contributed by atoms with Crippen LogP contribution in [0.3, 0.4) is 0 Å². The minimum absolute atomic E-state index is 0.639. The number of carbonyl (C=O) groups is 1. The number of nitrogens with two attached hydrogens (primary N) is 1. The van der Waals surface area contributed by atoms with Gasteiger partial charge in [0.25, 0.3) is 0 Å². The first-order valence-corrected chi connectivity index (χ1v) is 3.18. The van der Waals surface area contributed by atoms with Crippen LogP contribution in [-0.4, -0.2) is 6.29 Å². The summed E-state index contributed by atoms with van der Waals surface area (Å²) in [5.74, 6) is 0. The van der Waals surface area contributed by atoms with Crippen LogP contribution in [0.4, 0.5) is 5.69 Å². The van der Waals surface area contributed by atoms with Gasteiger partial charge in [-0.1, -0.05) is 24.8 Å². The number of rotatable bonds is 1. The van der Waals surface area contributed by atoms with Crippen LogP contribution in [0.1, 0.15) is 0 Å². The molecular weight excluding hydrogens is 138 g/mol. The SMILES string of the molecule is C=CC=O.Nc1ccccc1. The molecule has 0 aliphatic rings. The quantitative estimate of drug-likeness (QED) is 0.374. The Labute approximate surface area is 66.3 Å². The zero-order valence-electron chi connectivity index (χ0n) is 6.23. The van der Waals surface area contributed by atoms with Crippen LogP contribution in [0.5, 0.6) is 0 Å². The number of carbonyl (C=O) groups excluding carboxylic acids is 1. The van der Waals surface area contributed by atoms with E-state index >= 15 is 0 Å². The molecule has 0 aromatic heterocycles. The van der Waals surface area contributed by atoms with Gasteiger partial charge in [-0.25, -0.2) is 0 Å². The second-order valence-electron chi connectivity index (χ2n) is 1.78. The number of anilines is 1. The van der Waals surface area contributed by atoms with Crippen LogP contribution in [0, 0.1) is 0 Å². The fraction of sp³-hybridized carbons (Fsp3) is 0. The lowest BCUT2D eigenvalue weighted by Gasteiger charge is -1.83. The molecule has 0 saturated heterocycles. The molecule has 0 radical (unpaired) electrons. The summed E-state index contributed by atoms with van der Waals surface area (Å²) in [6.07, 6.45) is 1.83. The summed E-state index contributed by atoms with van der Waals surface area (Å²) in [5.41, 5.74) is 6.18. The van der Waals surface area contributed by atoms with Crippen molar-refractivity contribution in [2.24, 2.45) is 0 Å². The molecule has 0 atom stereocenters. The second kappa shape index (κ2) is 6.55. The first kappa shape index (κ1) is 9.43. The van der Waals surface area contributed by atoms with Gasteiger partial charge in [-0.3, -0.25) is 4.79 Å². The molecule has 0 aliphatic carbocycles. The Morgan fingerprint density at radius 2 is 1.73 bits per heavy atom. The van der Waals surface area contributed by atoms with E-state index in [9.17, 15) is 0 Å². The minimum Gasteiger partial charge on any atom is -0.399 e. The van der Waals surface area contributed by atoms with Crippen molar-refractivity contribution in [2.75, 3.05) is 5.73 Å². The van der Waals surface area contributed by atoms with Gasteiger partial charge in [0.15, 0.2) is 0 Å². The van der Waals surface area contributed by atoms with Crippen molar-refractivity contribution >= 4 is 12.0 Å². The average molecular weight is 149 g/mol. The van der Waals surface area contributed by atoms with Crippen molar-refractivity contribution in [3.8, 4) is 0 Å². The van der Waals surface area contributed by atoms with Crippen LogP contribution in [-0.2, 0) is 4.79 Å². The summed E-state index contributed by atoms with van der Waals surface area (Å²) in [5, 5.41) is 0. The van der Waals surface area contributed by atoms with Gasteiger partial charge in [-0.2, -0.15) is 0 Å². The van der Waals surface area contributed by atoms with Gasteiger partial charge in [0.05, 0.1) is 0 Å². The van der Waals surface area contributed by atoms with Crippen molar-refractivity contribution in [2.45, 2.75) is 0 Å². The molecule has 0 spiro atoms. The summed E-state index contributed by atoms with van der Waals surface area (Å²) in [4.78, 5) is 9.06. The van der Waals surface area contributed by atoms with Gasteiger partial charge in [0.1, 0.15) is 6.29 Å². The number of nitrogen functional groups attached to an aromatic ring is 1. The first-order chi connectivity index (χ1) is 5.31. The van der Waals surface area contributed by atoms with Crippen LogP contribution in [0.25, 0.3) is 0 Å². The maximum Gasteiger partial charge on any atom is 0.142 e. The van der Waals surface area contributed by atoms with Crippen molar-refractivity contribution in [1.82, 2.24) is 0 Å². The molecule has 0 amide bonds. The molecule has 2 nitrogen and oxygen atoms in total. The summed E-state index contributed by atoms with van der Waals surface area (Å²) >= 11 is 0. The molecule has 1 rings (SSSR count). The fourth-order valence-electron chi connectivity index (χ4n) is 0.453. The molecule has 0 unspecified atom stereocenters. The molecular formula is C9H11NO. The Balaban J connectivity index is 0.000000218. The molecule has 11 heavy (non-hydrogen) atoms. The van der Waals surface area contributed by atoms with E-state index in [1.807, 2.05) is 30.3 Å². The standard InChI is InChI=1S/C6H7N.C3H4O/c7-6-4-2-1-3-5-6;1-2-3-4/h1-5H,7H2;2-3H,1H2.